The first-order valence-corrected chi connectivity index (χ1v) is 4.89. The van der Waals surface area contributed by atoms with Gasteiger partial charge in [-0.2, -0.15) is 0 Å². The summed E-state index contributed by atoms with van der Waals surface area (Å²) >= 11 is 0. The number of para-hydroxylation sites is 1. The average Bonchev–Trinajstić information content (AvgIpc) is 2.35. The molecule has 0 bridgehead atoms. The number of nitrogens with zero attached hydrogens (tertiary/aromatic N) is 1. The van der Waals surface area contributed by atoms with E-state index in [-0.39, 0.29) is 17.0 Å². The second kappa shape index (κ2) is 5.81. The largest absolute Gasteiger partial charge is 0.498 e. The first kappa shape index (κ1) is 12.9. The smallest absolute Gasteiger partial charge is 0.275 e. The molecule has 0 aromatic heterocycles. The Morgan fingerprint density at radius 2 is 2.24 bits per heavy atom. The minimum atomic E-state index is -1.18. The summed E-state index contributed by atoms with van der Waals surface area (Å²) in [5.74, 6) is 0.203. The number of benzene rings is 1. The van der Waals surface area contributed by atoms with Gasteiger partial charge in [-0.15, -0.1) is 0 Å². The number of ether oxygens (including phenoxy) is 1. The van der Waals surface area contributed by atoms with E-state index in [1.807, 2.05) is 0 Å². The number of hydrogen-bond acceptors (Lipinski definition) is 4. The molecule has 1 rings (SSSR count). The molecule has 0 aliphatic carbocycles. The Morgan fingerprint density at radius 1 is 1.59 bits per heavy atom. The molecule has 0 amide bonds. The lowest BCUT2D eigenvalue weighted by Crippen LogP contribution is -2.06. The van der Waals surface area contributed by atoms with Crippen molar-refractivity contribution in [2.24, 2.45) is 0 Å². The fourth-order valence-electron chi connectivity index (χ4n) is 1.43. The third-order valence-corrected chi connectivity index (χ3v) is 2.22. The Kier molecular flexibility index (Phi) is 4.42. The van der Waals surface area contributed by atoms with Crippen LogP contribution in [0.25, 0.3) is 0 Å². The van der Waals surface area contributed by atoms with Gasteiger partial charge in [-0.25, -0.2) is 0 Å². The highest BCUT2D eigenvalue weighted by Gasteiger charge is 2.22. The van der Waals surface area contributed by atoms with Gasteiger partial charge < -0.3 is 9.84 Å². The molecule has 5 heteroatoms. The van der Waals surface area contributed by atoms with Crippen molar-refractivity contribution in [3.05, 3.63) is 64.4 Å². The van der Waals surface area contributed by atoms with Gasteiger partial charge in [0, 0.05) is 6.07 Å². The summed E-state index contributed by atoms with van der Waals surface area (Å²) in [6.45, 7) is 3.48. The normalized spacial score (nSPS) is 12.9. The Labute approximate surface area is 98.8 Å². The Bertz CT molecular complexity index is 454. The number of nitro groups is 1. The SMILES string of the molecule is C=C/C=C(/OC)C(O)c1ccccc1[N+](=O)[O-]. The molecular weight excluding hydrogens is 222 g/mol. The van der Waals surface area contributed by atoms with Crippen LogP contribution in [0.1, 0.15) is 11.7 Å². The quantitative estimate of drug-likeness (QED) is 0.368. The molecule has 0 fully saturated rings. The van der Waals surface area contributed by atoms with E-state index >= 15 is 0 Å². The van der Waals surface area contributed by atoms with Crippen LogP contribution in [-0.4, -0.2) is 17.1 Å². The monoisotopic (exact) mass is 235 g/mol. The summed E-state index contributed by atoms with van der Waals surface area (Å²) in [6.07, 6.45) is 1.72. The van der Waals surface area contributed by atoms with Gasteiger partial charge in [0.2, 0.25) is 0 Å². The van der Waals surface area contributed by atoms with Gasteiger partial charge in [0.25, 0.3) is 5.69 Å². The third kappa shape index (κ3) is 2.92. The topological polar surface area (TPSA) is 72.6 Å². The maximum absolute atomic E-state index is 10.8. The number of allylic oxidation sites excluding steroid dienone is 2. The molecule has 90 valence electrons. The van der Waals surface area contributed by atoms with Crippen LogP contribution in [0, 0.1) is 10.1 Å². The lowest BCUT2D eigenvalue weighted by Gasteiger charge is -2.13. The second-order valence-corrected chi connectivity index (χ2v) is 3.23. The van der Waals surface area contributed by atoms with Crippen LogP contribution in [0.3, 0.4) is 0 Å². The lowest BCUT2D eigenvalue weighted by molar-refractivity contribution is -0.386. The highest BCUT2D eigenvalue weighted by Crippen LogP contribution is 2.29. The summed E-state index contributed by atoms with van der Waals surface area (Å²) in [5.41, 5.74) is 0.0412. The van der Waals surface area contributed by atoms with E-state index in [1.54, 1.807) is 6.07 Å². The van der Waals surface area contributed by atoms with Gasteiger partial charge in [0.05, 0.1) is 17.6 Å². The van der Waals surface area contributed by atoms with Gasteiger partial charge in [0.15, 0.2) is 0 Å². The van der Waals surface area contributed by atoms with Gasteiger partial charge in [-0.1, -0.05) is 24.8 Å². The number of rotatable bonds is 5. The molecule has 17 heavy (non-hydrogen) atoms. The predicted molar refractivity (Wildman–Crippen MR) is 63.3 cm³/mol. The van der Waals surface area contributed by atoms with Gasteiger partial charge in [-0.3, -0.25) is 10.1 Å². The van der Waals surface area contributed by atoms with E-state index in [2.05, 4.69) is 6.58 Å². The maximum Gasteiger partial charge on any atom is 0.275 e. The van der Waals surface area contributed by atoms with Gasteiger partial charge in [0.1, 0.15) is 11.9 Å². The molecule has 0 saturated carbocycles. The van der Waals surface area contributed by atoms with Crippen molar-refractivity contribution < 1.29 is 14.8 Å². The molecule has 1 unspecified atom stereocenters. The van der Waals surface area contributed by atoms with Crippen LogP contribution >= 0.6 is 0 Å². The van der Waals surface area contributed by atoms with Crippen molar-refractivity contribution in [2.75, 3.05) is 7.11 Å². The summed E-state index contributed by atoms with van der Waals surface area (Å²) in [7, 11) is 1.38. The minimum Gasteiger partial charge on any atom is -0.498 e. The molecular formula is C12H13NO4. The molecule has 1 atom stereocenters. The highest BCUT2D eigenvalue weighted by molar-refractivity contribution is 5.43. The van der Waals surface area contributed by atoms with E-state index < -0.39 is 11.0 Å². The van der Waals surface area contributed by atoms with Gasteiger partial charge >= 0.3 is 0 Å². The molecule has 1 N–H and O–H groups in total. The second-order valence-electron chi connectivity index (χ2n) is 3.23. The van der Waals surface area contributed by atoms with E-state index in [1.165, 1.54) is 37.5 Å². The summed E-state index contributed by atoms with van der Waals surface area (Å²) in [6, 6.07) is 5.98. The van der Waals surface area contributed by atoms with Crippen molar-refractivity contribution in [1.82, 2.24) is 0 Å². The van der Waals surface area contributed by atoms with E-state index in [9.17, 15) is 15.2 Å². The van der Waals surface area contributed by atoms with Crippen molar-refractivity contribution >= 4 is 5.69 Å². The van der Waals surface area contributed by atoms with Crippen LogP contribution in [0.15, 0.2) is 48.8 Å². The average molecular weight is 235 g/mol. The summed E-state index contributed by atoms with van der Waals surface area (Å²) in [5, 5.41) is 20.8. The van der Waals surface area contributed by atoms with Crippen LogP contribution < -0.4 is 0 Å². The van der Waals surface area contributed by atoms with Crippen molar-refractivity contribution in [2.45, 2.75) is 6.10 Å². The number of methoxy groups -OCH3 is 1. The molecule has 5 nitrogen and oxygen atoms in total. The maximum atomic E-state index is 10.8. The Hall–Kier alpha value is -2.14. The van der Waals surface area contributed by atoms with Crippen LogP contribution in [0.4, 0.5) is 5.69 Å². The van der Waals surface area contributed by atoms with E-state index in [4.69, 9.17) is 4.74 Å². The molecule has 0 aliphatic rings. The molecule has 0 radical (unpaired) electrons. The molecule has 0 heterocycles. The van der Waals surface area contributed by atoms with Crippen LogP contribution in [-0.2, 0) is 4.74 Å². The molecule has 1 aromatic carbocycles. The van der Waals surface area contributed by atoms with Crippen molar-refractivity contribution in [3.8, 4) is 0 Å². The summed E-state index contributed by atoms with van der Waals surface area (Å²) in [4.78, 5) is 10.3. The first-order valence-electron chi connectivity index (χ1n) is 4.89. The Balaban J connectivity index is 3.19. The number of nitro benzene ring substituents is 1. The van der Waals surface area contributed by atoms with Gasteiger partial charge in [-0.05, 0) is 12.1 Å². The van der Waals surface area contributed by atoms with Crippen LogP contribution in [0.5, 0.6) is 0 Å². The number of aliphatic hydroxyl groups is 1. The molecule has 1 aromatic rings. The van der Waals surface area contributed by atoms with E-state index in [0.29, 0.717) is 0 Å². The molecule has 0 saturated heterocycles. The lowest BCUT2D eigenvalue weighted by atomic mass is 10.1. The molecule has 0 aliphatic heterocycles. The number of hydrogen-bond donors (Lipinski definition) is 1. The fraction of sp³-hybridized carbons (Fsp3) is 0.167. The van der Waals surface area contributed by atoms with Crippen molar-refractivity contribution in [1.29, 1.82) is 0 Å². The van der Waals surface area contributed by atoms with Crippen LogP contribution in [0.2, 0.25) is 0 Å². The third-order valence-electron chi connectivity index (χ3n) is 2.22. The van der Waals surface area contributed by atoms with Crippen molar-refractivity contribution in [3.63, 3.8) is 0 Å². The highest BCUT2D eigenvalue weighted by atomic mass is 16.6. The summed E-state index contributed by atoms with van der Waals surface area (Å²) < 4.78 is 4.96. The van der Waals surface area contributed by atoms with E-state index in [0.717, 1.165) is 0 Å². The standard InChI is InChI=1S/C12H13NO4/c1-3-6-11(17-2)12(14)9-7-4-5-8-10(9)13(15)16/h3-8,12,14H,1H2,2H3/b11-6+. The first-order chi connectivity index (χ1) is 8.11. The Morgan fingerprint density at radius 3 is 2.76 bits per heavy atom. The zero-order valence-electron chi connectivity index (χ0n) is 9.37. The number of aliphatic hydroxyl groups excluding tert-OH is 1. The fourth-order valence-corrected chi connectivity index (χ4v) is 1.43. The molecule has 0 spiro atoms. The predicted octanol–water partition coefficient (Wildman–Crippen LogP) is 2.34. The zero-order valence-corrected chi connectivity index (χ0v) is 9.37. The minimum absolute atomic E-state index is 0.146. The zero-order chi connectivity index (χ0) is 12.8.